The summed E-state index contributed by atoms with van der Waals surface area (Å²) >= 11 is 1.70. The van der Waals surface area contributed by atoms with E-state index in [-0.39, 0.29) is 12.3 Å². The average Bonchev–Trinajstić information content (AvgIpc) is 3.21. The predicted octanol–water partition coefficient (Wildman–Crippen LogP) is 5.83. The maximum absolute atomic E-state index is 11.1. The lowest BCUT2D eigenvalue weighted by Gasteiger charge is -2.11. The summed E-state index contributed by atoms with van der Waals surface area (Å²) in [6, 6.07) is 13.8. The third-order valence-corrected chi connectivity index (χ3v) is 6.19. The SMILES string of the molecule is CC#CC(CC(=O)O)c1ccc(OCc2ccc3scc(-c4cncnc4C)c3c2)cc1. The average molecular weight is 443 g/mol. The number of carboxylic acids is 1. The maximum atomic E-state index is 11.1. The number of aryl methyl sites for hydroxylation is 1. The molecule has 1 atom stereocenters. The van der Waals surface area contributed by atoms with Crippen molar-refractivity contribution in [3.63, 3.8) is 0 Å². The Labute approximate surface area is 190 Å². The Balaban J connectivity index is 1.51. The highest BCUT2D eigenvalue weighted by molar-refractivity contribution is 7.17. The van der Waals surface area contributed by atoms with E-state index in [0.717, 1.165) is 33.7 Å². The molecule has 160 valence electrons. The molecule has 1 N–H and O–H groups in total. The number of fused-ring (bicyclic) bond motifs is 1. The Morgan fingerprint density at radius 1 is 1.19 bits per heavy atom. The lowest BCUT2D eigenvalue weighted by Crippen LogP contribution is -2.04. The Kier molecular flexibility index (Phi) is 6.48. The molecule has 6 heteroatoms. The highest BCUT2D eigenvalue weighted by atomic mass is 32.1. The second-order valence-corrected chi connectivity index (χ2v) is 8.32. The fourth-order valence-corrected chi connectivity index (χ4v) is 4.54. The molecule has 0 amide bonds. The van der Waals surface area contributed by atoms with Gasteiger partial charge in [0.25, 0.3) is 0 Å². The molecule has 0 aliphatic rings. The molecule has 1 unspecified atom stereocenters. The molecule has 0 saturated heterocycles. The summed E-state index contributed by atoms with van der Waals surface area (Å²) in [7, 11) is 0. The molecule has 5 nitrogen and oxygen atoms in total. The highest BCUT2D eigenvalue weighted by Gasteiger charge is 2.14. The van der Waals surface area contributed by atoms with Crippen molar-refractivity contribution in [2.75, 3.05) is 0 Å². The van der Waals surface area contributed by atoms with Crippen LogP contribution in [0.15, 0.2) is 60.4 Å². The van der Waals surface area contributed by atoms with Crippen LogP contribution in [0.1, 0.15) is 36.1 Å². The molecule has 2 aromatic carbocycles. The summed E-state index contributed by atoms with van der Waals surface area (Å²) in [5.74, 6) is 5.32. The van der Waals surface area contributed by atoms with Gasteiger partial charge in [0.15, 0.2) is 0 Å². The van der Waals surface area contributed by atoms with Crippen LogP contribution >= 0.6 is 11.3 Å². The standard InChI is InChI=1S/C26H22N2O3S/c1-3-4-20(12-26(29)30)19-6-8-21(9-7-19)31-14-18-5-10-25-22(11-18)24(15-32-25)23-13-27-16-28-17(23)2/h5-11,13,15-16,20H,12,14H2,1-2H3,(H,29,30). The van der Waals surface area contributed by atoms with Crippen molar-refractivity contribution >= 4 is 27.4 Å². The minimum absolute atomic E-state index is 0.0179. The van der Waals surface area contributed by atoms with Crippen molar-refractivity contribution in [3.8, 4) is 28.7 Å². The molecule has 2 heterocycles. The van der Waals surface area contributed by atoms with E-state index in [4.69, 9.17) is 9.84 Å². The first-order valence-corrected chi connectivity index (χ1v) is 11.1. The summed E-state index contributed by atoms with van der Waals surface area (Å²) in [4.78, 5) is 19.6. The molecule has 0 radical (unpaired) electrons. The van der Waals surface area contributed by atoms with Gasteiger partial charge in [-0.05, 0) is 54.6 Å². The van der Waals surface area contributed by atoms with E-state index in [9.17, 15) is 4.79 Å². The second kappa shape index (κ2) is 9.63. The van der Waals surface area contributed by atoms with Gasteiger partial charge in [-0.1, -0.05) is 24.1 Å². The first-order valence-electron chi connectivity index (χ1n) is 10.2. The molecule has 0 saturated carbocycles. The van der Waals surface area contributed by atoms with Crippen molar-refractivity contribution in [2.45, 2.75) is 32.8 Å². The van der Waals surface area contributed by atoms with Gasteiger partial charge < -0.3 is 9.84 Å². The van der Waals surface area contributed by atoms with Gasteiger partial charge in [0.1, 0.15) is 18.7 Å². The molecule has 0 bridgehead atoms. The van der Waals surface area contributed by atoms with E-state index in [2.05, 4.69) is 45.4 Å². The fourth-order valence-electron chi connectivity index (χ4n) is 3.59. The van der Waals surface area contributed by atoms with Crippen LogP contribution < -0.4 is 4.74 Å². The molecule has 0 aliphatic heterocycles. The monoisotopic (exact) mass is 442 g/mol. The third-order valence-electron chi connectivity index (χ3n) is 5.22. The van der Waals surface area contributed by atoms with Crippen LogP contribution in [-0.4, -0.2) is 21.0 Å². The quantitative estimate of drug-likeness (QED) is 0.365. The van der Waals surface area contributed by atoms with Gasteiger partial charge in [-0.2, -0.15) is 0 Å². The molecular weight excluding hydrogens is 420 g/mol. The van der Waals surface area contributed by atoms with Gasteiger partial charge in [0.2, 0.25) is 0 Å². The Hall–Kier alpha value is -3.69. The Morgan fingerprint density at radius 2 is 2.00 bits per heavy atom. The second-order valence-electron chi connectivity index (χ2n) is 7.40. The van der Waals surface area contributed by atoms with E-state index in [1.54, 1.807) is 24.6 Å². The Morgan fingerprint density at radius 3 is 2.72 bits per heavy atom. The topological polar surface area (TPSA) is 72.3 Å². The zero-order chi connectivity index (χ0) is 22.5. The summed E-state index contributed by atoms with van der Waals surface area (Å²) in [5.41, 5.74) is 5.07. The van der Waals surface area contributed by atoms with Crippen LogP contribution in [0.25, 0.3) is 21.2 Å². The largest absolute Gasteiger partial charge is 0.489 e. The number of benzene rings is 2. The van der Waals surface area contributed by atoms with Crippen LogP contribution in [0, 0.1) is 18.8 Å². The minimum Gasteiger partial charge on any atom is -0.489 e. The number of aliphatic carboxylic acids is 1. The normalized spacial score (nSPS) is 11.6. The van der Waals surface area contributed by atoms with Crippen molar-refractivity contribution < 1.29 is 14.6 Å². The first-order chi connectivity index (χ1) is 15.5. The van der Waals surface area contributed by atoms with Crippen LogP contribution in [0.4, 0.5) is 0 Å². The zero-order valence-electron chi connectivity index (χ0n) is 17.8. The fraction of sp³-hybridized carbons (Fsp3) is 0.192. The smallest absolute Gasteiger partial charge is 0.304 e. The maximum Gasteiger partial charge on any atom is 0.304 e. The number of ether oxygens (including phenoxy) is 1. The summed E-state index contributed by atoms with van der Waals surface area (Å²) in [6.45, 7) is 4.14. The number of hydrogen-bond acceptors (Lipinski definition) is 5. The highest BCUT2D eigenvalue weighted by Crippen LogP contribution is 2.35. The van der Waals surface area contributed by atoms with E-state index in [0.29, 0.717) is 6.61 Å². The van der Waals surface area contributed by atoms with E-state index < -0.39 is 5.97 Å². The Bertz CT molecular complexity index is 1320. The predicted molar refractivity (Wildman–Crippen MR) is 127 cm³/mol. The lowest BCUT2D eigenvalue weighted by molar-refractivity contribution is -0.137. The number of carbonyl (C=O) groups is 1. The first kappa shape index (κ1) is 21.5. The van der Waals surface area contributed by atoms with Gasteiger partial charge in [-0.3, -0.25) is 4.79 Å². The molecule has 32 heavy (non-hydrogen) atoms. The van der Waals surface area contributed by atoms with Gasteiger partial charge in [0, 0.05) is 33.1 Å². The number of rotatable bonds is 7. The molecule has 4 aromatic rings. The van der Waals surface area contributed by atoms with Gasteiger partial charge in [-0.15, -0.1) is 17.3 Å². The molecule has 0 aliphatic carbocycles. The molecule has 4 rings (SSSR count). The number of thiophene rings is 1. The van der Waals surface area contributed by atoms with Crippen LogP contribution in [0.5, 0.6) is 5.75 Å². The number of aromatic nitrogens is 2. The number of nitrogens with zero attached hydrogens (tertiary/aromatic N) is 2. The van der Waals surface area contributed by atoms with Gasteiger partial charge in [0.05, 0.1) is 12.3 Å². The van der Waals surface area contributed by atoms with Crippen molar-refractivity contribution in [1.82, 2.24) is 9.97 Å². The molecule has 0 fully saturated rings. The minimum atomic E-state index is -0.862. The zero-order valence-corrected chi connectivity index (χ0v) is 18.6. The van der Waals surface area contributed by atoms with Gasteiger partial charge >= 0.3 is 5.97 Å². The number of hydrogen-bond donors (Lipinski definition) is 1. The van der Waals surface area contributed by atoms with Crippen LogP contribution in [-0.2, 0) is 11.4 Å². The summed E-state index contributed by atoms with van der Waals surface area (Å²) < 4.78 is 7.20. The van der Waals surface area contributed by atoms with Gasteiger partial charge in [-0.25, -0.2) is 9.97 Å². The van der Waals surface area contributed by atoms with Crippen molar-refractivity contribution in [1.29, 1.82) is 0 Å². The summed E-state index contributed by atoms with van der Waals surface area (Å²) in [6.07, 6.45) is 3.40. The molecular formula is C26H22N2O3S. The van der Waals surface area contributed by atoms with Crippen LogP contribution in [0.2, 0.25) is 0 Å². The number of carboxylic acid groups (broad SMARTS) is 1. The lowest BCUT2D eigenvalue weighted by atomic mass is 9.96. The van der Waals surface area contributed by atoms with E-state index in [1.165, 1.54) is 10.1 Å². The van der Waals surface area contributed by atoms with Crippen molar-refractivity contribution in [3.05, 3.63) is 77.2 Å². The summed E-state index contributed by atoms with van der Waals surface area (Å²) in [5, 5.41) is 12.4. The van der Waals surface area contributed by atoms with Crippen LogP contribution in [0.3, 0.4) is 0 Å². The molecule has 0 spiro atoms. The van der Waals surface area contributed by atoms with E-state index >= 15 is 0 Å². The van der Waals surface area contributed by atoms with E-state index in [1.807, 2.05) is 37.4 Å². The van der Waals surface area contributed by atoms with Crippen molar-refractivity contribution in [2.24, 2.45) is 0 Å². The third kappa shape index (κ3) is 4.79. The molecule has 2 aromatic heterocycles.